The number of benzene rings is 1. The molecule has 0 unspecified atom stereocenters. The third-order valence-electron chi connectivity index (χ3n) is 5.46. The van der Waals surface area contributed by atoms with Crippen LogP contribution in [0.25, 0.3) is 11.2 Å². The zero-order chi connectivity index (χ0) is 20.0. The number of halogens is 1. The van der Waals surface area contributed by atoms with E-state index < -0.39 is 11.2 Å². The minimum atomic E-state index is -0.415. The number of hydrogen-bond donors (Lipinski definition) is 1. The normalized spacial score (nSPS) is 15.5. The number of aryl methyl sites for hydroxylation is 1. The third kappa shape index (κ3) is 3.01. The van der Waals surface area contributed by atoms with Crippen LogP contribution in [0.1, 0.15) is 5.56 Å². The molecular formula is C19H24FN6O2+. The van der Waals surface area contributed by atoms with Crippen molar-refractivity contribution in [1.29, 1.82) is 0 Å². The number of nitrogens with one attached hydrogen (secondary N) is 1. The van der Waals surface area contributed by atoms with Crippen LogP contribution in [0.2, 0.25) is 0 Å². The number of likely N-dealkylation sites (N-methyl/N-ethyl adjacent to an activating group) is 1. The first-order valence-electron chi connectivity index (χ1n) is 9.33. The van der Waals surface area contributed by atoms with Crippen LogP contribution in [0.4, 0.5) is 10.3 Å². The van der Waals surface area contributed by atoms with Crippen LogP contribution in [0.5, 0.6) is 0 Å². The lowest BCUT2D eigenvalue weighted by Crippen LogP contribution is -3.12. The van der Waals surface area contributed by atoms with Crippen LogP contribution in [0.3, 0.4) is 0 Å². The van der Waals surface area contributed by atoms with E-state index in [1.807, 2.05) is 10.6 Å². The molecule has 9 heteroatoms. The van der Waals surface area contributed by atoms with E-state index in [1.54, 1.807) is 13.1 Å². The Hall–Kier alpha value is -2.94. The second kappa shape index (κ2) is 6.90. The van der Waals surface area contributed by atoms with Crippen LogP contribution in [0.15, 0.2) is 33.9 Å². The van der Waals surface area contributed by atoms with Gasteiger partial charge >= 0.3 is 5.69 Å². The number of nitrogens with zero attached hydrogens (tertiary/aromatic N) is 5. The quantitative estimate of drug-likeness (QED) is 0.623. The van der Waals surface area contributed by atoms with E-state index in [9.17, 15) is 14.0 Å². The molecule has 3 aromatic rings. The largest absolute Gasteiger partial charge is 0.334 e. The molecule has 0 bridgehead atoms. The van der Waals surface area contributed by atoms with Crippen molar-refractivity contribution < 1.29 is 9.29 Å². The molecule has 1 aromatic carbocycles. The fraction of sp³-hybridized carbons (Fsp3) is 0.421. The SMILES string of the molecule is Cn1c(=O)c2c(nc(N3CC[NH+](C)CC3)n2Cc2cccc(F)c2)n(C)c1=O. The lowest BCUT2D eigenvalue weighted by atomic mass is 10.2. The number of rotatable bonds is 3. The average Bonchev–Trinajstić information content (AvgIpc) is 3.04. The van der Waals surface area contributed by atoms with Crippen molar-refractivity contribution in [1.82, 2.24) is 18.7 Å². The molecule has 1 aliphatic rings. The number of fused-ring (bicyclic) bond motifs is 1. The first-order chi connectivity index (χ1) is 13.4. The van der Waals surface area contributed by atoms with E-state index in [2.05, 4.69) is 16.9 Å². The molecule has 4 rings (SSSR count). The van der Waals surface area contributed by atoms with Gasteiger partial charge in [-0.15, -0.1) is 0 Å². The summed E-state index contributed by atoms with van der Waals surface area (Å²) in [5.41, 5.74) is 0.632. The van der Waals surface area contributed by atoms with E-state index in [0.29, 0.717) is 23.7 Å². The number of aromatic nitrogens is 4. The van der Waals surface area contributed by atoms with Gasteiger partial charge in [-0.1, -0.05) is 12.1 Å². The first kappa shape index (κ1) is 18.4. The van der Waals surface area contributed by atoms with E-state index >= 15 is 0 Å². The molecule has 28 heavy (non-hydrogen) atoms. The highest BCUT2D eigenvalue weighted by Gasteiger charge is 2.26. The predicted molar refractivity (Wildman–Crippen MR) is 105 cm³/mol. The van der Waals surface area contributed by atoms with Crippen LogP contribution >= 0.6 is 0 Å². The van der Waals surface area contributed by atoms with Gasteiger partial charge in [0.2, 0.25) is 5.95 Å². The maximum atomic E-state index is 13.7. The van der Waals surface area contributed by atoms with Crippen molar-refractivity contribution >= 4 is 17.1 Å². The van der Waals surface area contributed by atoms with Gasteiger partial charge in [0.1, 0.15) is 5.82 Å². The van der Waals surface area contributed by atoms with Crippen molar-refractivity contribution in [2.75, 3.05) is 38.1 Å². The maximum Gasteiger partial charge on any atom is 0.332 e. The Kier molecular flexibility index (Phi) is 4.54. The summed E-state index contributed by atoms with van der Waals surface area (Å²) >= 11 is 0. The molecule has 2 aromatic heterocycles. The highest BCUT2D eigenvalue weighted by molar-refractivity contribution is 5.74. The molecule has 1 saturated heterocycles. The van der Waals surface area contributed by atoms with Gasteiger partial charge in [-0.3, -0.25) is 18.5 Å². The zero-order valence-electron chi connectivity index (χ0n) is 16.3. The summed E-state index contributed by atoms with van der Waals surface area (Å²) in [6, 6.07) is 6.31. The van der Waals surface area contributed by atoms with Crippen LogP contribution in [0, 0.1) is 5.82 Å². The summed E-state index contributed by atoms with van der Waals surface area (Å²) in [5.74, 6) is 0.317. The Morgan fingerprint density at radius 3 is 2.54 bits per heavy atom. The standard InChI is InChI=1S/C19H23FN6O2/c1-22-7-9-25(10-8-22)18-21-16-15(17(27)24(3)19(28)23(16)2)26(18)12-13-5-4-6-14(20)11-13/h4-6,11H,7-10,12H2,1-3H3/p+1. The van der Waals surface area contributed by atoms with Gasteiger partial charge in [0.15, 0.2) is 11.2 Å². The molecule has 0 aliphatic carbocycles. The Labute approximate surface area is 161 Å². The maximum absolute atomic E-state index is 13.7. The number of quaternary nitrogens is 1. The summed E-state index contributed by atoms with van der Waals surface area (Å²) in [4.78, 5) is 33.5. The summed E-state index contributed by atoms with van der Waals surface area (Å²) in [6.45, 7) is 3.82. The molecule has 0 amide bonds. The van der Waals surface area contributed by atoms with Crippen molar-refractivity contribution in [3.05, 3.63) is 56.5 Å². The number of piperazine rings is 1. The fourth-order valence-corrected chi connectivity index (χ4v) is 3.73. The molecule has 1 N–H and O–H groups in total. The number of imidazole rings is 1. The molecule has 0 atom stereocenters. The predicted octanol–water partition coefficient (Wildman–Crippen LogP) is -1.04. The van der Waals surface area contributed by atoms with Gasteiger partial charge in [-0.05, 0) is 17.7 Å². The average molecular weight is 387 g/mol. The molecule has 0 spiro atoms. The highest BCUT2D eigenvalue weighted by atomic mass is 19.1. The van der Waals surface area contributed by atoms with E-state index in [0.717, 1.165) is 36.3 Å². The molecule has 148 valence electrons. The molecule has 1 aliphatic heterocycles. The third-order valence-corrected chi connectivity index (χ3v) is 5.46. The van der Waals surface area contributed by atoms with Crippen molar-refractivity contribution in [2.24, 2.45) is 14.1 Å². The molecule has 0 radical (unpaired) electrons. The minimum Gasteiger partial charge on any atom is -0.334 e. The fourth-order valence-electron chi connectivity index (χ4n) is 3.73. The summed E-state index contributed by atoms with van der Waals surface area (Å²) in [5, 5.41) is 0. The molecule has 1 fully saturated rings. The van der Waals surface area contributed by atoms with Gasteiger partial charge < -0.3 is 9.80 Å². The lowest BCUT2D eigenvalue weighted by Gasteiger charge is -2.31. The van der Waals surface area contributed by atoms with E-state index in [4.69, 9.17) is 0 Å². The molecule has 3 heterocycles. The van der Waals surface area contributed by atoms with Gasteiger partial charge in [0, 0.05) is 14.1 Å². The Bertz CT molecular complexity index is 1150. The monoisotopic (exact) mass is 387 g/mol. The van der Waals surface area contributed by atoms with Crippen LogP contribution in [-0.4, -0.2) is 51.9 Å². The highest BCUT2D eigenvalue weighted by Crippen LogP contribution is 2.21. The Balaban J connectivity index is 1.94. The summed E-state index contributed by atoms with van der Waals surface area (Å²) in [6.07, 6.45) is 0. The van der Waals surface area contributed by atoms with E-state index in [1.165, 1.54) is 28.6 Å². The Morgan fingerprint density at radius 2 is 1.86 bits per heavy atom. The topological polar surface area (TPSA) is 69.5 Å². The van der Waals surface area contributed by atoms with Gasteiger partial charge in [-0.2, -0.15) is 4.98 Å². The van der Waals surface area contributed by atoms with Gasteiger partial charge in [0.05, 0.1) is 39.8 Å². The summed E-state index contributed by atoms with van der Waals surface area (Å²) < 4.78 is 18.0. The second-order valence-corrected chi connectivity index (χ2v) is 7.45. The van der Waals surface area contributed by atoms with Crippen molar-refractivity contribution in [3.63, 3.8) is 0 Å². The van der Waals surface area contributed by atoms with Gasteiger partial charge in [0.25, 0.3) is 5.56 Å². The van der Waals surface area contributed by atoms with Crippen molar-refractivity contribution in [2.45, 2.75) is 6.54 Å². The molecule has 8 nitrogen and oxygen atoms in total. The summed E-state index contributed by atoms with van der Waals surface area (Å²) in [7, 11) is 5.22. The van der Waals surface area contributed by atoms with Crippen molar-refractivity contribution in [3.8, 4) is 0 Å². The second-order valence-electron chi connectivity index (χ2n) is 7.45. The van der Waals surface area contributed by atoms with Crippen LogP contribution < -0.4 is 21.0 Å². The number of hydrogen-bond acceptors (Lipinski definition) is 4. The van der Waals surface area contributed by atoms with Gasteiger partial charge in [-0.25, -0.2) is 9.18 Å². The van der Waals surface area contributed by atoms with E-state index in [-0.39, 0.29) is 5.82 Å². The zero-order valence-corrected chi connectivity index (χ0v) is 16.3. The number of anilines is 1. The minimum absolute atomic E-state index is 0.302. The van der Waals surface area contributed by atoms with Crippen LogP contribution in [-0.2, 0) is 20.6 Å². The smallest absolute Gasteiger partial charge is 0.332 e. The molecular weight excluding hydrogens is 363 g/mol. The Morgan fingerprint density at radius 1 is 1.14 bits per heavy atom. The molecule has 0 saturated carbocycles. The first-order valence-corrected chi connectivity index (χ1v) is 9.33. The lowest BCUT2D eigenvalue weighted by molar-refractivity contribution is -0.880.